The molecule has 2 heterocycles. The average Bonchev–Trinajstić information content (AvgIpc) is 2.96. The van der Waals surface area contributed by atoms with Crippen molar-refractivity contribution in [2.45, 2.75) is 38.4 Å². The smallest absolute Gasteiger partial charge is 0.268 e. The van der Waals surface area contributed by atoms with E-state index >= 15 is 0 Å². The van der Waals surface area contributed by atoms with Crippen molar-refractivity contribution >= 4 is 17.3 Å². The van der Waals surface area contributed by atoms with Crippen molar-refractivity contribution in [1.29, 1.82) is 5.41 Å². The number of pyridine rings is 1. The monoisotopic (exact) mass is 550 g/mol. The number of aromatic nitrogens is 1. The highest BCUT2D eigenvalue weighted by Gasteiger charge is 2.34. The molecule has 0 bridgehead atoms. The van der Waals surface area contributed by atoms with Gasteiger partial charge in [-0.25, -0.2) is 8.78 Å². The molecule has 3 N–H and O–H groups in total. The number of hydrogen-bond acceptors (Lipinski definition) is 7. The molecule has 10 heteroatoms. The molecule has 1 amide bonds. The van der Waals surface area contributed by atoms with Crippen LogP contribution in [0.4, 0.5) is 8.78 Å². The summed E-state index contributed by atoms with van der Waals surface area (Å²) in [5, 5.41) is 28.1. The molecule has 40 heavy (non-hydrogen) atoms. The van der Waals surface area contributed by atoms with Gasteiger partial charge in [-0.1, -0.05) is 26.0 Å². The van der Waals surface area contributed by atoms with E-state index in [0.29, 0.717) is 22.4 Å². The maximum absolute atomic E-state index is 14.5. The summed E-state index contributed by atoms with van der Waals surface area (Å²) >= 11 is 0. The minimum atomic E-state index is -1.09. The van der Waals surface area contributed by atoms with E-state index in [9.17, 15) is 23.8 Å². The molecule has 0 saturated carbocycles. The first kappa shape index (κ1) is 29.0. The number of ether oxygens (including phenoxy) is 1. The van der Waals surface area contributed by atoms with Crippen molar-refractivity contribution in [3.05, 3.63) is 94.8 Å². The zero-order valence-electron chi connectivity index (χ0n) is 22.3. The van der Waals surface area contributed by atoms with Crippen LogP contribution >= 0.6 is 0 Å². The van der Waals surface area contributed by atoms with E-state index in [0.717, 1.165) is 6.07 Å². The summed E-state index contributed by atoms with van der Waals surface area (Å²) in [7, 11) is 0. The minimum Gasteiger partial charge on any atom is -0.489 e. The van der Waals surface area contributed by atoms with Crippen molar-refractivity contribution in [2.75, 3.05) is 26.2 Å². The third-order valence-electron chi connectivity index (χ3n) is 6.75. The largest absolute Gasteiger partial charge is 0.489 e. The Balaban J connectivity index is 1.58. The lowest BCUT2D eigenvalue weighted by atomic mass is 9.85. The topological polar surface area (TPSA) is 119 Å². The summed E-state index contributed by atoms with van der Waals surface area (Å²) in [4.78, 5) is 23.3. The molecule has 4 rings (SSSR count). The molecule has 0 aliphatic carbocycles. The van der Waals surface area contributed by atoms with Gasteiger partial charge < -0.3 is 25.3 Å². The Morgan fingerprint density at radius 3 is 2.45 bits per heavy atom. The van der Waals surface area contributed by atoms with E-state index in [1.807, 2.05) is 0 Å². The Morgan fingerprint density at radius 1 is 1.10 bits per heavy atom. The zero-order chi connectivity index (χ0) is 28.8. The Hall–Kier alpha value is -4.02. The summed E-state index contributed by atoms with van der Waals surface area (Å²) in [6, 6.07) is 12.4. The standard InChI is InChI=1S/C30H32F2N4O4/c1-18(2)24-14-25(31)21(13-26(24)32)17-40-23-5-3-19(4-6-23)27(28(33)20-7-9-34-10-8-20)29-30(39)36(12-11-35-29)15-22(38)16-37/h3-10,13-14,18,22,27,33,37-38H,11-12,15-17H2,1-2H3. The third kappa shape index (κ3) is 6.57. The predicted molar refractivity (Wildman–Crippen MR) is 147 cm³/mol. The molecule has 2 unspecified atom stereocenters. The van der Waals surface area contributed by atoms with Crippen LogP contribution in [-0.4, -0.2) is 69.8 Å². The molecule has 1 aliphatic heterocycles. The van der Waals surface area contributed by atoms with Crippen molar-refractivity contribution in [3.8, 4) is 5.75 Å². The van der Waals surface area contributed by atoms with Crippen LogP contribution in [0.25, 0.3) is 0 Å². The summed E-state index contributed by atoms with van der Waals surface area (Å²) in [6.07, 6.45) is 2.03. The Morgan fingerprint density at radius 2 is 1.80 bits per heavy atom. The zero-order valence-corrected chi connectivity index (χ0v) is 22.3. The van der Waals surface area contributed by atoms with E-state index in [1.165, 1.54) is 11.0 Å². The van der Waals surface area contributed by atoms with Crippen LogP contribution in [0.3, 0.4) is 0 Å². The van der Waals surface area contributed by atoms with E-state index in [1.54, 1.807) is 62.6 Å². The number of carbonyl (C=O) groups is 1. The average molecular weight is 551 g/mol. The normalized spacial score (nSPS) is 15.1. The van der Waals surface area contributed by atoms with Gasteiger partial charge >= 0.3 is 0 Å². The number of aliphatic hydroxyl groups excluding tert-OH is 2. The first-order valence-electron chi connectivity index (χ1n) is 13.0. The lowest BCUT2D eigenvalue weighted by Crippen LogP contribution is -2.48. The van der Waals surface area contributed by atoms with Crippen LogP contribution in [0.2, 0.25) is 0 Å². The quantitative estimate of drug-likeness (QED) is 0.314. The molecule has 8 nitrogen and oxygen atoms in total. The molecule has 3 aromatic rings. The van der Waals surface area contributed by atoms with Crippen molar-refractivity contribution < 1.29 is 28.5 Å². The number of benzene rings is 2. The first-order valence-corrected chi connectivity index (χ1v) is 13.0. The molecule has 2 atom stereocenters. The predicted octanol–water partition coefficient (Wildman–Crippen LogP) is 3.85. The number of nitrogens with one attached hydrogen (secondary N) is 1. The lowest BCUT2D eigenvalue weighted by Gasteiger charge is -2.31. The van der Waals surface area contributed by atoms with Crippen molar-refractivity contribution in [1.82, 2.24) is 9.88 Å². The van der Waals surface area contributed by atoms with Crippen LogP contribution in [-0.2, 0) is 11.4 Å². The van der Waals surface area contributed by atoms with E-state index in [4.69, 9.17) is 10.1 Å². The Labute approximate surface area is 231 Å². The SMILES string of the molecule is CC(C)c1cc(F)c(COc2ccc(C(C(=N)c3ccncc3)C3=NCCN(CC(O)CO)C3=O)cc2)cc1F. The highest BCUT2D eigenvalue weighted by atomic mass is 19.1. The maximum atomic E-state index is 14.5. The number of β-amino-alcohol motifs (C(OH)–C–C–N with tert-alkyl or cyclic N) is 1. The van der Waals surface area contributed by atoms with Gasteiger partial charge in [0, 0.05) is 31.0 Å². The minimum absolute atomic E-state index is 0.0499. The van der Waals surface area contributed by atoms with Gasteiger partial charge in [0.2, 0.25) is 0 Å². The number of rotatable bonds is 11. The summed E-state index contributed by atoms with van der Waals surface area (Å²) < 4.78 is 34.6. The number of carbonyl (C=O) groups excluding carboxylic acids is 1. The maximum Gasteiger partial charge on any atom is 0.268 e. The second-order valence-electron chi connectivity index (χ2n) is 9.91. The van der Waals surface area contributed by atoms with Gasteiger partial charge in [-0.15, -0.1) is 0 Å². The molecule has 2 aromatic carbocycles. The summed E-state index contributed by atoms with van der Waals surface area (Å²) in [6.45, 7) is 3.45. The van der Waals surface area contributed by atoms with Gasteiger partial charge in [0.1, 0.15) is 29.7 Å². The molecule has 0 spiro atoms. The highest BCUT2D eigenvalue weighted by Crippen LogP contribution is 2.28. The van der Waals surface area contributed by atoms with Crippen LogP contribution in [0, 0.1) is 17.0 Å². The van der Waals surface area contributed by atoms with E-state index < -0.39 is 36.2 Å². The van der Waals surface area contributed by atoms with Crippen molar-refractivity contribution in [3.63, 3.8) is 0 Å². The number of hydrogen-bond donors (Lipinski definition) is 3. The van der Waals surface area contributed by atoms with Gasteiger partial charge in [0.15, 0.2) is 0 Å². The van der Waals surface area contributed by atoms with Gasteiger partial charge in [-0.2, -0.15) is 0 Å². The first-order chi connectivity index (χ1) is 19.2. The lowest BCUT2D eigenvalue weighted by molar-refractivity contribution is -0.126. The van der Waals surface area contributed by atoms with E-state index in [-0.39, 0.29) is 49.1 Å². The summed E-state index contributed by atoms with van der Waals surface area (Å²) in [5.41, 5.74) is 1.84. The van der Waals surface area contributed by atoms with Gasteiger partial charge in [0.05, 0.1) is 30.9 Å². The fraction of sp³-hybridized carbons (Fsp3) is 0.333. The molecule has 1 aromatic heterocycles. The Bertz CT molecular complexity index is 1380. The number of nitrogens with zero attached hydrogens (tertiary/aromatic N) is 3. The number of amides is 1. The molecule has 210 valence electrons. The third-order valence-corrected chi connectivity index (χ3v) is 6.75. The van der Waals surface area contributed by atoms with Crippen LogP contribution in [0.15, 0.2) is 65.9 Å². The molecular formula is C30H32F2N4O4. The van der Waals surface area contributed by atoms with Crippen LogP contribution in [0.5, 0.6) is 5.75 Å². The second-order valence-corrected chi connectivity index (χ2v) is 9.91. The molecule has 0 saturated heterocycles. The molecule has 0 fully saturated rings. The molecular weight excluding hydrogens is 518 g/mol. The Kier molecular flexibility index (Phi) is 9.34. The van der Waals surface area contributed by atoms with Crippen LogP contribution < -0.4 is 4.74 Å². The number of aliphatic hydroxyl groups is 2. The van der Waals surface area contributed by atoms with E-state index in [2.05, 4.69) is 9.98 Å². The van der Waals surface area contributed by atoms with Gasteiger partial charge in [0.25, 0.3) is 5.91 Å². The fourth-order valence-electron chi connectivity index (χ4n) is 4.56. The molecule has 0 radical (unpaired) electrons. The highest BCUT2D eigenvalue weighted by molar-refractivity contribution is 6.46. The molecule has 1 aliphatic rings. The fourth-order valence-corrected chi connectivity index (χ4v) is 4.56. The van der Waals surface area contributed by atoms with Gasteiger partial charge in [-0.3, -0.25) is 14.8 Å². The number of halogens is 2. The van der Waals surface area contributed by atoms with Gasteiger partial charge in [-0.05, 0) is 59.0 Å². The number of aliphatic imine (C=N–C) groups is 1. The second kappa shape index (κ2) is 12.9. The summed E-state index contributed by atoms with van der Waals surface area (Å²) in [5.74, 6) is -2.03. The van der Waals surface area contributed by atoms with Crippen LogP contribution in [0.1, 0.15) is 47.9 Å². The van der Waals surface area contributed by atoms with Crippen molar-refractivity contribution in [2.24, 2.45) is 4.99 Å².